The van der Waals surface area contributed by atoms with E-state index in [4.69, 9.17) is 9.40 Å². The maximum Gasteiger partial charge on any atom is 0.160 e. The van der Waals surface area contributed by atoms with E-state index in [9.17, 15) is 0 Å². The zero-order chi connectivity index (χ0) is 16.0. The fourth-order valence-corrected chi connectivity index (χ4v) is 4.17. The third-order valence-electron chi connectivity index (χ3n) is 4.33. The third-order valence-corrected chi connectivity index (χ3v) is 6.40. The highest BCUT2D eigenvalue weighted by Crippen LogP contribution is 2.32. The summed E-state index contributed by atoms with van der Waals surface area (Å²) >= 11 is 0. The number of aromatic nitrogens is 1. The molecule has 23 heavy (non-hydrogen) atoms. The molecule has 2 aromatic heterocycles. The Morgan fingerprint density at radius 2 is 1.57 bits per heavy atom. The Morgan fingerprint density at radius 3 is 2.30 bits per heavy atom. The van der Waals surface area contributed by atoms with Gasteiger partial charge in [-0.1, -0.05) is 67.3 Å². The van der Waals surface area contributed by atoms with E-state index in [1.54, 1.807) is 6.26 Å². The number of hydrogen-bond donors (Lipinski definition) is 0. The third kappa shape index (κ3) is 2.37. The molecule has 0 unspecified atom stereocenters. The zero-order valence-electron chi connectivity index (χ0n) is 13.6. The van der Waals surface area contributed by atoms with Crippen molar-refractivity contribution < 1.29 is 4.42 Å². The van der Waals surface area contributed by atoms with Crippen LogP contribution in [-0.4, -0.2) is 13.1 Å². The van der Waals surface area contributed by atoms with Crippen LogP contribution in [0, 0.1) is 0 Å². The SMILES string of the molecule is C[Si](C)(C)c1ccc(-c2nc3ccccc3c3ccoc23)cc1. The van der Waals surface area contributed by atoms with Crippen LogP contribution in [-0.2, 0) is 0 Å². The van der Waals surface area contributed by atoms with Gasteiger partial charge in [0.15, 0.2) is 5.58 Å². The van der Waals surface area contributed by atoms with Crippen LogP contribution in [0.3, 0.4) is 0 Å². The number of hydrogen-bond acceptors (Lipinski definition) is 2. The molecular weight excluding hydrogens is 298 g/mol. The van der Waals surface area contributed by atoms with Crippen molar-refractivity contribution in [1.82, 2.24) is 4.98 Å². The van der Waals surface area contributed by atoms with Gasteiger partial charge in [0.05, 0.1) is 19.9 Å². The molecule has 2 heterocycles. The van der Waals surface area contributed by atoms with Gasteiger partial charge in [-0.3, -0.25) is 0 Å². The van der Waals surface area contributed by atoms with Gasteiger partial charge >= 0.3 is 0 Å². The predicted octanol–water partition coefficient (Wildman–Crippen LogP) is 5.19. The first kappa shape index (κ1) is 14.2. The lowest BCUT2D eigenvalue weighted by atomic mass is 10.1. The second-order valence-corrected chi connectivity index (χ2v) is 12.0. The number of fused-ring (bicyclic) bond motifs is 3. The molecule has 0 N–H and O–H groups in total. The van der Waals surface area contributed by atoms with E-state index in [2.05, 4.69) is 56.0 Å². The second kappa shape index (κ2) is 5.07. The van der Waals surface area contributed by atoms with E-state index >= 15 is 0 Å². The van der Waals surface area contributed by atoms with Crippen molar-refractivity contribution in [1.29, 1.82) is 0 Å². The molecule has 0 aliphatic heterocycles. The molecule has 0 aliphatic carbocycles. The van der Waals surface area contributed by atoms with Crippen molar-refractivity contribution in [2.75, 3.05) is 0 Å². The maximum absolute atomic E-state index is 5.76. The van der Waals surface area contributed by atoms with Crippen LogP contribution in [0.2, 0.25) is 19.6 Å². The van der Waals surface area contributed by atoms with Crippen molar-refractivity contribution >= 4 is 35.1 Å². The van der Waals surface area contributed by atoms with Crippen molar-refractivity contribution in [2.24, 2.45) is 0 Å². The lowest BCUT2D eigenvalue weighted by Crippen LogP contribution is -2.37. The zero-order valence-corrected chi connectivity index (χ0v) is 14.6. The monoisotopic (exact) mass is 317 g/mol. The maximum atomic E-state index is 5.76. The average molecular weight is 317 g/mol. The van der Waals surface area contributed by atoms with E-state index in [1.165, 1.54) is 5.19 Å². The quantitative estimate of drug-likeness (QED) is 0.475. The highest BCUT2D eigenvalue weighted by Gasteiger charge is 2.17. The molecule has 0 radical (unpaired) electrons. The number of nitrogens with zero attached hydrogens (tertiary/aromatic N) is 1. The molecule has 0 amide bonds. The first-order valence-corrected chi connectivity index (χ1v) is 11.4. The summed E-state index contributed by atoms with van der Waals surface area (Å²) in [6.07, 6.45) is 1.75. The molecular formula is C20H19NOSi. The van der Waals surface area contributed by atoms with E-state index in [0.29, 0.717) is 0 Å². The van der Waals surface area contributed by atoms with E-state index < -0.39 is 8.07 Å². The van der Waals surface area contributed by atoms with Crippen molar-refractivity contribution in [3.8, 4) is 11.3 Å². The normalized spacial score (nSPS) is 12.1. The van der Waals surface area contributed by atoms with Gasteiger partial charge in [0, 0.05) is 16.3 Å². The molecule has 0 fully saturated rings. The molecule has 3 heteroatoms. The molecule has 0 saturated carbocycles. The van der Waals surface area contributed by atoms with Gasteiger partial charge < -0.3 is 4.42 Å². The molecule has 0 spiro atoms. The second-order valence-electron chi connectivity index (χ2n) is 6.97. The molecule has 0 saturated heterocycles. The smallest absolute Gasteiger partial charge is 0.160 e. The van der Waals surface area contributed by atoms with Gasteiger partial charge in [-0.05, 0) is 12.1 Å². The summed E-state index contributed by atoms with van der Waals surface area (Å²) in [6, 6.07) is 19.1. The van der Waals surface area contributed by atoms with Crippen LogP contribution in [0.4, 0.5) is 0 Å². The van der Waals surface area contributed by atoms with E-state index in [1.807, 2.05) is 18.2 Å². The minimum atomic E-state index is -1.29. The number of rotatable bonds is 2. The summed E-state index contributed by atoms with van der Waals surface area (Å²) in [5.41, 5.74) is 3.90. The fraction of sp³-hybridized carbons (Fsp3) is 0.150. The van der Waals surface area contributed by atoms with Crippen molar-refractivity contribution in [3.05, 3.63) is 60.9 Å². The molecule has 4 rings (SSSR count). The Balaban J connectivity index is 1.95. The Morgan fingerprint density at radius 1 is 0.826 bits per heavy atom. The van der Waals surface area contributed by atoms with Crippen LogP contribution in [0.25, 0.3) is 33.1 Å². The summed E-state index contributed by atoms with van der Waals surface area (Å²) in [6.45, 7) is 7.09. The number of furan rings is 1. The highest BCUT2D eigenvalue weighted by molar-refractivity contribution is 6.88. The molecule has 2 aromatic carbocycles. The standard InChI is InChI=1S/C20H19NOSi/c1-23(2,3)15-10-8-14(9-11-15)19-20-17(12-13-22-20)16-6-4-5-7-18(16)21-19/h4-13H,1-3H3. The summed E-state index contributed by atoms with van der Waals surface area (Å²) < 4.78 is 5.76. The van der Waals surface area contributed by atoms with Crippen molar-refractivity contribution in [3.63, 3.8) is 0 Å². The van der Waals surface area contributed by atoms with Gasteiger partial charge in [-0.2, -0.15) is 0 Å². The Bertz CT molecular complexity index is 994. The lowest BCUT2D eigenvalue weighted by Gasteiger charge is -2.16. The van der Waals surface area contributed by atoms with Gasteiger partial charge in [0.2, 0.25) is 0 Å². The minimum Gasteiger partial charge on any atom is -0.462 e. The Kier molecular flexibility index (Phi) is 3.13. The summed E-state index contributed by atoms with van der Waals surface area (Å²) in [7, 11) is -1.29. The van der Waals surface area contributed by atoms with E-state index in [0.717, 1.165) is 33.1 Å². The molecule has 114 valence electrons. The van der Waals surface area contributed by atoms with Gasteiger partial charge in [0.1, 0.15) is 5.69 Å². The van der Waals surface area contributed by atoms with Gasteiger partial charge in [0.25, 0.3) is 0 Å². The molecule has 4 aromatic rings. The number of pyridine rings is 1. The summed E-state index contributed by atoms with van der Waals surface area (Å²) in [5.74, 6) is 0. The van der Waals surface area contributed by atoms with Crippen LogP contribution in [0.1, 0.15) is 0 Å². The summed E-state index contributed by atoms with van der Waals surface area (Å²) in [5, 5.41) is 3.72. The number of para-hydroxylation sites is 1. The fourth-order valence-electron chi connectivity index (χ4n) is 3.00. The topological polar surface area (TPSA) is 26.0 Å². The number of benzene rings is 2. The Hall–Kier alpha value is -2.39. The highest BCUT2D eigenvalue weighted by atomic mass is 28.3. The van der Waals surface area contributed by atoms with Gasteiger partial charge in [-0.25, -0.2) is 4.98 Å². The van der Waals surface area contributed by atoms with Crippen LogP contribution in [0.15, 0.2) is 65.3 Å². The molecule has 0 aliphatic rings. The van der Waals surface area contributed by atoms with Crippen LogP contribution < -0.4 is 5.19 Å². The molecule has 0 bridgehead atoms. The first-order valence-electron chi connectivity index (χ1n) is 7.91. The van der Waals surface area contributed by atoms with Crippen LogP contribution in [0.5, 0.6) is 0 Å². The van der Waals surface area contributed by atoms with Gasteiger partial charge in [-0.15, -0.1) is 0 Å². The Labute approximate surface area is 136 Å². The molecule has 2 nitrogen and oxygen atoms in total. The predicted molar refractivity (Wildman–Crippen MR) is 99.9 cm³/mol. The first-order chi connectivity index (χ1) is 11.0. The van der Waals surface area contributed by atoms with E-state index in [-0.39, 0.29) is 0 Å². The molecule has 0 atom stereocenters. The van der Waals surface area contributed by atoms with Crippen molar-refractivity contribution in [2.45, 2.75) is 19.6 Å². The average Bonchev–Trinajstić information content (AvgIpc) is 3.03. The van der Waals surface area contributed by atoms with Crippen LogP contribution >= 0.6 is 0 Å². The summed E-state index contributed by atoms with van der Waals surface area (Å²) in [4.78, 5) is 4.86. The lowest BCUT2D eigenvalue weighted by molar-refractivity contribution is 0.616. The minimum absolute atomic E-state index is 0.865. The largest absolute Gasteiger partial charge is 0.462 e.